The van der Waals surface area contributed by atoms with Gasteiger partial charge in [-0.2, -0.15) is 0 Å². The van der Waals surface area contributed by atoms with E-state index in [1.807, 2.05) is 4.90 Å². The van der Waals surface area contributed by atoms with E-state index in [-0.39, 0.29) is 5.91 Å². The minimum atomic E-state index is -0.499. The number of hydrogen-bond acceptors (Lipinski definition) is 4. The number of amides is 2. The van der Waals surface area contributed by atoms with Crippen LogP contribution < -0.4 is 21.7 Å². The van der Waals surface area contributed by atoms with Crippen LogP contribution in [0.3, 0.4) is 0 Å². The predicted octanol–water partition coefficient (Wildman–Crippen LogP) is -0.306. The predicted molar refractivity (Wildman–Crippen MR) is 69.2 cm³/mol. The van der Waals surface area contributed by atoms with Crippen LogP contribution in [-0.4, -0.2) is 31.4 Å². The molecule has 6 heteroatoms. The van der Waals surface area contributed by atoms with E-state index in [0.29, 0.717) is 37.3 Å². The van der Waals surface area contributed by atoms with Gasteiger partial charge >= 0.3 is 0 Å². The smallest absolute Gasteiger partial charge is 0.248 e. The summed E-state index contributed by atoms with van der Waals surface area (Å²) in [5, 5.41) is 2.80. The van der Waals surface area contributed by atoms with Crippen LogP contribution in [0.2, 0.25) is 0 Å². The van der Waals surface area contributed by atoms with Crippen LogP contribution in [0, 0.1) is 0 Å². The average molecular weight is 248 g/mol. The zero-order valence-corrected chi connectivity index (χ0v) is 9.98. The third-order valence-electron chi connectivity index (χ3n) is 2.97. The van der Waals surface area contributed by atoms with Gasteiger partial charge in [0.25, 0.3) is 0 Å². The van der Waals surface area contributed by atoms with E-state index in [0.717, 1.165) is 5.69 Å². The summed E-state index contributed by atoms with van der Waals surface area (Å²) in [6.07, 6.45) is 0.441. The van der Waals surface area contributed by atoms with Crippen molar-refractivity contribution < 1.29 is 9.59 Å². The average Bonchev–Trinajstić information content (AvgIpc) is 2.54. The SMILES string of the molecule is NC(=O)c1ccc(N2CCNC(=O)CC2)c(N)c1. The van der Waals surface area contributed by atoms with Gasteiger partial charge in [0, 0.05) is 31.6 Å². The molecule has 5 N–H and O–H groups in total. The number of carbonyl (C=O) groups is 2. The fourth-order valence-electron chi connectivity index (χ4n) is 2.00. The van der Waals surface area contributed by atoms with Crippen LogP contribution in [0.1, 0.15) is 16.8 Å². The van der Waals surface area contributed by atoms with E-state index in [1.165, 1.54) is 0 Å². The van der Waals surface area contributed by atoms with E-state index in [1.54, 1.807) is 18.2 Å². The minimum Gasteiger partial charge on any atom is -0.397 e. The summed E-state index contributed by atoms with van der Waals surface area (Å²) in [5.74, 6) is -0.453. The van der Waals surface area contributed by atoms with Crippen LogP contribution in [0.5, 0.6) is 0 Å². The fourth-order valence-corrected chi connectivity index (χ4v) is 2.00. The molecule has 1 aliphatic heterocycles. The summed E-state index contributed by atoms with van der Waals surface area (Å²) in [6, 6.07) is 4.98. The Balaban J connectivity index is 2.22. The van der Waals surface area contributed by atoms with Gasteiger partial charge in [0.1, 0.15) is 0 Å². The van der Waals surface area contributed by atoms with E-state index in [9.17, 15) is 9.59 Å². The van der Waals surface area contributed by atoms with Crippen LogP contribution in [0.25, 0.3) is 0 Å². The monoisotopic (exact) mass is 248 g/mol. The lowest BCUT2D eigenvalue weighted by Crippen LogP contribution is -2.29. The zero-order valence-electron chi connectivity index (χ0n) is 9.98. The second-order valence-corrected chi connectivity index (χ2v) is 4.22. The maximum absolute atomic E-state index is 11.3. The molecule has 1 aromatic carbocycles. The van der Waals surface area contributed by atoms with Crippen molar-refractivity contribution in [2.45, 2.75) is 6.42 Å². The molecule has 0 atom stereocenters. The van der Waals surface area contributed by atoms with Gasteiger partial charge in [-0.15, -0.1) is 0 Å². The number of rotatable bonds is 2. The molecule has 96 valence electrons. The highest BCUT2D eigenvalue weighted by Crippen LogP contribution is 2.24. The van der Waals surface area contributed by atoms with Crippen LogP contribution in [0.15, 0.2) is 18.2 Å². The van der Waals surface area contributed by atoms with E-state index >= 15 is 0 Å². The highest BCUT2D eigenvalue weighted by atomic mass is 16.2. The van der Waals surface area contributed by atoms with Crippen molar-refractivity contribution in [2.75, 3.05) is 30.3 Å². The second-order valence-electron chi connectivity index (χ2n) is 4.22. The molecule has 18 heavy (non-hydrogen) atoms. The quantitative estimate of drug-likeness (QED) is 0.625. The molecule has 0 unspecified atom stereocenters. The molecule has 1 heterocycles. The maximum atomic E-state index is 11.3. The third kappa shape index (κ3) is 2.53. The van der Waals surface area contributed by atoms with Crippen molar-refractivity contribution in [1.82, 2.24) is 5.32 Å². The Morgan fingerprint density at radius 3 is 2.78 bits per heavy atom. The normalized spacial score (nSPS) is 16.0. The molecule has 2 rings (SSSR count). The molecular weight excluding hydrogens is 232 g/mol. The van der Waals surface area contributed by atoms with Gasteiger partial charge in [0.05, 0.1) is 11.4 Å². The van der Waals surface area contributed by atoms with Crippen molar-refractivity contribution in [3.05, 3.63) is 23.8 Å². The topological polar surface area (TPSA) is 101 Å². The van der Waals surface area contributed by atoms with E-state index in [2.05, 4.69) is 5.32 Å². The Labute approximate surface area is 105 Å². The lowest BCUT2D eigenvalue weighted by Gasteiger charge is -2.23. The van der Waals surface area contributed by atoms with Crippen molar-refractivity contribution in [2.24, 2.45) is 5.73 Å². The summed E-state index contributed by atoms with van der Waals surface area (Å²) in [4.78, 5) is 24.3. The summed E-state index contributed by atoms with van der Waals surface area (Å²) < 4.78 is 0. The highest BCUT2D eigenvalue weighted by molar-refractivity contribution is 5.95. The molecule has 0 spiro atoms. The fraction of sp³-hybridized carbons (Fsp3) is 0.333. The molecular formula is C12H16N4O2. The number of primary amides is 1. The van der Waals surface area contributed by atoms with Crippen molar-refractivity contribution >= 4 is 23.2 Å². The third-order valence-corrected chi connectivity index (χ3v) is 2.97. The van der Waals surface area contributed by atoms with Crippen LogP contribution in [-0.2, 0) is 4.79 Å². The van der Waals surface area contributed by atoms with Crippen molar-refractivity contribution in [3.63, 3.8) is 0 Å². The number of nitrogens with one attached hydrogen (secondary N) is 1. The van der Waals surface area contributed by atoms with Gasteiger partial charge in [-0.05, 0) is 18.2 Å². The number of anilines is 2. The van der Waals surface area contributed by atoms with Crippen molar-refractivity contribution in [1.29, 1.82) is 0 Å². The molecule has 1 saturated heterocycles. The standard InChI is InChI=1S/C12H16N4O2/c13-9-7-8(12(14)18)1-2-10(9)16-5-3-11(17)15-4-6-16/h1-2,7H,3-6,13H2,(H2,14,18)(H,15,17). The van der Waals surface area contributed by atoms with Crippen LogP contribution >= 0.6 is 0 Å². The molecule has 1 aliphatic rings. The zero-order chi connectivity index (χ0) is 13.1. The summed E-state index contributed by atoms with van der Waals surface area (Å²) in [6.45, 7) is 1.91. The Kier molecular flexibility index (Phi) is 3.36. The first-order chi connectivity index (χ1) is 8.58. The molecule has 1 fully saturated rings. The number of nitrogen functional groups attached to an aromatic ring is 1. The molecule has 0 aromatic heterocycles. The second kappa shape index (κ2) is 4.95. The van der Waals surface area contributed by atoms with Gasteiger partial charge < -0.3 is 21.7 Å². The molecule has 0 aliphatic carbocycles. The Hall–Kier alpha value is -2.24. The molecule has 1 aromatic rings. The first-order valence-corrected chi connectivity index (χ1v) is 5.79. The van der Waals surface area contributed by atoms with Gasteiger partial charge in [0.2, 0.25) is 11.8 Å². The lowest BCUT2D eigenvalue weighted by molar-refractivity contribution is -0.120. The number of hydrogen-bond donors (Lipinski definition) is 3. The van der Waals surface area contributed by atoms with E-state index in [4.69, 9.17) is 11.5 Å². The summed E-state index contributed by atoms with van der Waals surface area (Å²) >= 11 is 0. The molecule has 0 saturated carbocycles. The number of carbonyl (C=O) groups excluding carboxylic acids is 2. The van der Waals surface area contributed by atoms with Crippen molar-refractivity contribution in [3.8, 4) is 0 Å². The largest absolute Gasteiger partial charge is 0.397 e. The van der Waals surface area contributed by atoms with Gasteiger partial charge in [-0.3, -0.25) is 9.59 Å². The Morgan fingerprint density at radius 1 is 1.33 bits per heavy atom. The number of benzene rings is 1. The number of nitrogens with two attached hydrogens (primary N) is 2. The Bertz CT molecular complexity index is 487. The summed E-state index contributed by atoms with van der Waals surface area (Å²) in [7, 11) is 0. The number of nitrogens with zero attached hydrogens (tertiary/aromatic N) is 1. The van der Waals surface area contributed by atoms with Gasteiger partial charge in [-0.1, -0.05) is 0 Å². The molecule has 0 bridgehead atoms. The summed E-state index contributed by atoms with van der Waals surface area (Å²) in [5.41, 5.74) is 12.8. The first kappa shape index (κ1) is 12.2. The molecule has 6 nitrogen and oxygen atoms in total. The molecule has 2 amide bonds. The Morgan fingerprint density at radius 2 is 2.11 bits per heavy atom. The lowest BCUT2D eigenvalue weighted by atomic mass is 10.1. The maximum Gasteiger partial charge on any atom is 0.248 e. The highest BCUT2D eigenvalue weighted by Gasteiger charge is 2.16. The van der Waals surface area contributed by atoms with Gasteiger partial charge in [-0.25, -0.2) is 0 Å². The van der Waals surface area contributed by atoms with Gasteiger partial charge in [0.15, 0.2) is 0 Å². The van der Waals surface area contributed by atoms with E-state index < -0.39 is 5.91 Å². The minimum absolute atomic E-state index is 0.0461. The first-order valence-electron chi connectivity index (χ1n) is 5.79. The van der Waals surface area contributed by atoms with Crippen LogP contribution in [0.4, 0.5) is 11.4 Å². The molecule has 0 radical (unpaired) electrons.